The Balaban J connectivity index is 1.43. The van der Waals surface area contributed by atoms with Crippen LogP contribution in [0.4, 0.5) is 0 Å². The smallest absolute Gasteiger partial charge is 0.0383 e. The Morgan fingerprint density at radius 1 is 0.684 bits per heavy atom. The maximum atomic E-state index is 2.30. The van der Waals surface area contributed by atoms with Gasteiger partial charge in [0.2, 0.25) is 0 Å². The van der Waals surface area contributed by atoms with Gasteiger partial charge >= 0.3 is 0 Å². The third kappa shape index (κ3) is 5.48. The minimum atomic E-state index is 1.12. The van der Waals surface area contributed by atoms with E-state index in [4.69, 9.17) is 0 Å². The highest BCUT2D eigenvalue weighted by atomic mass is 14.4. The molecule has 112 valence electrons. The van der Waals surface area contributed by atoms with Gasteiger partial charge in [-0.05, 0) is 30.6 Å². The highest BCUT2D eigenvalue weighted by molar-refractivity contribution is 4.86. The molecule has 0 heteroatoms. The fourth-order valence-electron chi connectivity index (χ4n) is 4.66. The second kappa shape index (κ2) is 9.03. The van der Waals surface area contributed by atoms with E-state index >= 15 is 0 Å². The van der Waals surface area contributed by atoms with E-state index in [0.29, 0.717) is 0 Å². The van der Waals surface area contributed by atoms with Crippen LogP contribution in [0.5, 0.6) is 0 Å². The molecular formula is C19H36. The van der Waals surface area contributed by atoms with Crippen molar-refractivity contribution in [3.63, 3.8) is 0 Å². The van der Waals surface area contributed by atoms with Gasteiger partial charge in [0.1, 0.15) is 0 Å². The molecule has 2 fully saturated rings. The molecule has 0 heterocycles. The van der Waals surface area contributed by atoms with Crippen LogP contribution in [0, 0.1) is 17.8 Å². The van der Waals surface area contributed by atoms with Crippen molar-refractivity contribution in [3.8, 4) is 0 Å². The van der Waals surface area contributed by atoms with Crippen molar-refractivity contribution in [3.05, 3.63) is 0 Å². The molecule has 0 aromatic heterocycles. The first-order valence-electron chi connectivity index (χ1n) is 9.40. The summed E-state index contributed by atoms with van der Waals surface area (Å²) in [6, 6.07) is 0. The Bertz CT molecular complexity index is 206. The van der Waals surface area contributed by atoms with E-state index in [9.17, 15) is 0 Å². The molecule has 0 aromatic rings. The molecule has 0 N–H and O–H groups in total. The monoisotopic (exact) mass is 264 g/mol. The molecule has 0 radical (unpaired) electrons. The van der Waals surface area contributed by atoms with Crippen molar-refractivity contribution in [2.24, 2.45) is 17.8 Å². The zero-order valence-electron chi connectivity index (χ0n) is 13.3. The summed E-state index contributed by atoms with van der Waals surface area (Å²) in [7, 11) is 0. The number of rotatable bonds is 9. The lowest BCUT2D eigenvalue weighted by molar-refractivity contribution is 0.277. The molecule has 0 saturated heterocycles. The van der Waals surface area contributed by atoms with Gasteiger partial charge in [-0.1, -0.05) is 90.4 Å². The number of unbranched alkanes of at least 4 members (excludes halogenated alkanes) is 7. The molecule has 0 spiro atoms. The minimum absolute atomic E-state index is 1.12. The zero-order valence-corrected chi connectivity index (χ0v) is 13.3. The van der Waals surface area contributed by atoms with E-state index in [1.165, 1.54) is 64.2 Å². The van der Waals surface area contributed by atoms with Crippen molar-refractivity contribution in [1.29, 1.82) is 0 Å². The average molecular weight is 264 g/mol. The summed E-state index contributed by atoms with van der Waals surface area (Å²) >= 11 is 0. The van der Waals surface area contributed by atoms with Gasteiger partial charge in [0.25, 0.3) is 0 Å². The maximum absolute atomic E-state index is 2.30. The van der Waals surface area contributed by atoms with Crippen LogP contribution in [0.1, 0.15) is 103 Å². The molecule has 2 atom stereocenters. The lowest BCUT2D eigenvalue weighted by Gasteiger charge is -2.24. The van der Waals surface area contributed by atoms with Crippen LogP contribution in [0.3, 0.4) is 0 Å². The van der Waals surface area contributed by atoms with Crippen LogP contribution in [-0.4, -0.2) is 0 Å². The van der Waals surface area contributed by atoms with Gasteiger partial charge in [-0.15, -0.1) is 0 Å². The predicted octanol–water partition coefficient (Wildman–Crippen LogP) is 6.73. The molecule has 2 rings (SSSR count). The van der Waals surface area contributed by atoms with E-state index in [0.717, 1.165) is 17.8 Å². The van der Waals surface area contributed by atoms with E-state index in [1.807, 2.05) is 0 Å². The van der Waals surface area contributed by atoms with E-state index in [1.54, 1.807) is 32.1 Å². The predicted molar refractivity (Wildman–Crippen MR) is 85.4 cm³/mol. The normalized spacial score (nSPS) is 30.5. The molecule has 0 aromatic carbocycles. The molecule has 2 aliphatic carbocycles. The summed E-state index contributed by atoms with van der Waals surface area (Å²) in [5, 5.41) is 0. The first kappa shape index (κ1) is 15.4. The van der Waals surface area contributed by atoms with Gasteiger partial charge in [-0.3, -0.25) is 0 Å². The van der Waals surface area contributed by atoms with Crippen LogP contribution in [0.15, 0.2) is 0 Å². The second-order valence-corrected chi connectivity index (χ2v) is 7.41. The summed E-state index contributed by atoms with van der Waals surface area (Å²) in [6.07, 6.45) is 22.8. The van der Waals surface area contributed by atoms with Gasteiger partial charge in [-0.2, -0.15) is 0 Å². The quantitative estimate of drug-likeness (QED) is 0.405. The van der Waals surface area contributed by atoms with E-state index < -0.39 is 0 Å². The third-order valence-corrected chi connectivity index (χ3v) is 5.80. The number of fused-ring (bicyclic) bond motifs is 1. The SMILES string of the molecule is CCCCCCCCCCC1CC2CCCCC2C1. The summed E-state index contributed by atoms with van der Waals surface area (Å²) in [5.41, 5.74) is 0. The molecule has 0 bridgehead atoms. The van der Waals surface area contributed by atoms with Crippen molar-refractivity contribution in [2.45, 2.75) is 103 Å². The summed E-state index contributed by atoms with van der Waals surface area (Å²) in [4.78, 5) is 0. The van der Waals surface area contributed by atoms with Crippen molar-refractivity contribution in [2.75, 3.05) is 0 Å². The van der Waals surface area contributed by atoms with Gasteiger partial charge in [-0.25, -0.2) is 0 Å². The highest BCUT2D eigenvalue weighted by Crippen LogP contribution is 2.46. The molecule has 19 heavy (non-hydrogen) atoms. The maximum Gasteiger partial charge on any atom is -0.0383 e. The van der Waals surface area contributed by atoms with Gasteiger partial charge in [0.15, 0.2) is 0 Å². The summed E-state index contributed by atoms with van der Waals surface area (Å²) in [5.74, 6) is 3.41. The fourth-order valence-corrected chi connectivity index (χ4v) is 4.66. The van der Waals surface area contributed by atoms with Gasteiger partial charge in [0, 0.05) is 0 Å². The number of hydrogen-bond acceptors (Lipinski definition) is 0. The summed E-state index contributed by atoms with van der Waals surface area (Å²) < 4.78 is 0. The average Bonchev–Trinajstić information content (AvgIpc) is 2.84. The van der Waals surface area contributed by atoms with Crippen LogP contribution in [0.25, 0.3) is 0 Å². The van der Waals surface area contributed by atoms with Gasteiger partial charge < -0.3 is 0 Å². The first-order valence-corrected chi connectivity index (χ1v) is 9.40. The standard InChI is InChI=1S/C19H36/c1-2-3-4-5-6-7-8-9-12-17-15-18-13-10-11-14-19(18)16-17/h17-19H,2-16H2,1H3. The molecule has 0 aliphatic heterocycles. The topological polar surface area (TPSA) is 0 Å². The fraction of sp³-hybridized carbons (Fsp3) is 1.00. The Kier molecular flexibility index (Phi) is 7.32. The first-order chi connectivity index (χ1) is 9.40. The van der Waals surface area contributed by atoms with Crippen molar-refractivity contribution in [1.82, 2.24) is 0 Å². The Labute approximate surface area is 121 Å². The number of hydrogen-bond donors (Lipinski definition) is 0. The van der Waals surface area contributed by atoms with Crippen molar-refractivity contribution < 1.29 is 0 Å². The van der Waals surface area contributed by atoms with Gasteiger partial charge in [0.05, 0.1) is 0 Å². The van der Waals surface area contributed by atoms with E-state index in [-0.39, 0.29) is 0 Å². The van der Waals surface area contributed by atoms with Crippen LogP contribution in [-0.2, 0) is 0 Å². The lowest BCUT2D eigenvalue weighted by Crippen LogP contribution is -2.12. The Morgan fingerprint density at radius 3 is 1.79 bits per heavy atom. The van der Waals surface area contributed by atoms with E-state index in [2.05, 4.69) is 6.92 Å². The molecule has 2 unspecified atom stereocenters. The minimum Gasteiger partial charge on any atom is -0.0654 e. The summed E-state index contributed by atoms with van der Waals surface area (Å²) in [6.45, 7) is 2.30. The van der Waals surface area contributed by atoms with Crippen molar-refractivity contribution >= 4 is 0 Å². The molecule has 2 saturated carbocycles. The largest absolute Gasteiger partial charge is 0.0654 e. The molecule has 0 nitrogen and oxygen atoms in total. The highest BCUT2D eigenvalue weighted by Gasteiger charge is 2.34. The zero-order chi connectivity index (χ0) is 13.3. The second-order valence-electron chi connectivity index (χ2n) is 7.41. The molecule has 2 aliphatic rings. The lowest BCUT2D eigenvalue weighted by atomic mass is 9.82. The van der Waals surface area contributed by atoms with Crippen LogP contribution >= 0.6 is 0 Å². The molecule has 0 amide bonds. The Hall–Kier alpha value is 0. The van der Waals surface area contributed by atoms with Crippen LogP contribution < -0.4 is 0 Å². The Morgan fingerprint density at radius 2 is 1.21 bits per heavy atom. The third-order valence-electron chi connectivity index (χ3n) is 5.80. The molecular weight excluding hydrogens is 228 g/mol. The van der Waals surface area contributed by atoms with Crippen LogP contribution in [0.2, 0.25) is 0 Å².